The second kappa shape index (κ2) is 5.05. The topological polar surface area (TPSA) is 67.6 Å². The number of benzene rings is 1. The summed E-state index contributed by atoms with van der Waals surface area (Å²) in [6, 6.07) is 5.74. The van der Waals surface area contributed by atoms with Crippen LogP contribution in [0.1, 0.15) is 6.42 Å². The van der Waals surface area contributed by atoms with Crippen molar-refractivity contribution in [2.24, 2.45) is 5.73 Å². The Labute approximate surface area is 101 Å². The summed E-state index contributed by atoms with van der Waals surface area (Å²) in [7, 11) is 1.76. The van der Waals surface area contributed by atoms with E-state index in [1.807, 2.05) is 18.2 Å². The van der Waals surface area contributed by atoms with Crippen molar-refractivity contribution in [3.05, 3.63) is 18.2 Å². The standard InChI is InChI=1S/C12H17N3O2/c1-15-10-4-3-9(14-6-2-5-13)7-11(10)17-8-12(15)16/h3-4,7,14H,2,5-6,8,13H2,1H3. The predicted molar refractivity (Wildman–Crippen MR) is 67.5 cm³/mol. The molecule has 1 heterocycles. The summed E-state index contributed by atoms with van der Waals surface area (Å²) in [6.07, 6.45) is 0.927. The molecule has 5 nitrogen and oxygen atoms in total. The van der Waals surface area contributed by atoms with Crippen LogP contribution >= 0.6 is 0 Å². The Kier molecular flexibility index (Phi) is 3.49. The molecular formula is C12H17N3O2. The summed E-state index contributed by atoms with van der Waals surface area (Å²) in [5.74, 6) is 0.714. The number of hydrogen-bond donors (Lipinski definition) is 2. The van der Waals surface area contributed by atoms with Crippen molar-refractivity contribution in [1.82, 2.24) is 0 Å². The van der Waals surface area contributed by atoms with Crippen molar-refractivity contribution in [2.75, 3.05) is 37.0 Å². The molecule has 0 radical (unpaired) electrons. The van der Waals surface area contributed by atoms with Crippen LogP contribution in [0.25, 0.3) is 0 Å². The molecule has 0 saturated heterocycles. The normalized spacial score (nSPS) is 14.2. The van der Waals surface area contributed by atoms with Crippen LogP contribution in [0.3, 0.4) is 0 Å². The number of carbonyl (C=O) groups is 1. The Morgan fingerprint density at radius 2 is 2.35 bits per heavy atom. The minimum atomic E-state index is -0.0265. The van der Waals surface area contributed by atoms with Crippen molar-refractivity contribution in [3.63, 3.8) is 0 Å². The van der Waals surface area contributed by atoms with Crippen molar-refractivity contribution in [2.45, 2.75) is 6.42 Å². The molecule has 0 aliphatic carbocycles. The first-order valence-corrected chi connectivity index (χ1v) is 5.69. The molecule has 1 amide bonds. The number of fused-ring (bicyclic) bond motifs is 1. The highest BCUT2D eigenvalue weighted by Gasteiger charge is 2.21. The number of ether oxygens (including phenoxy) is 1. The van der Waals surface area contributed by atoms with Gasteiger partial charge in [0.15, 0.2) is 6.61 Å². The lowest BCUT2D eigenvalue weighted by atomic mass is 10.2. The van der Waals surface area contributed by atoms with Gasteiger partial charge in [-0.05, 0) is 25.1 Å². The number of nitrogens with one attached hydrogen (secondary N) is 1. The Hall–Kier alpha value is -1.75. The first-order valence-electron chi connectivity index (χ1n) is 5.69. The van der Waals surface area contributed by atoms with Gasteiger partial charge in [0.1, 0.15) is 5.75 Å². The van der Waals surface area contributed by atoms with Gasteiger partial charge in [0.05, 0.1) is 5.69 Å². The maximum atomic E-state index is 11.4. The Morgan fingerprint density at radius 1 is 1.53 bits per heavy atom. The molecule has 1 aromatic carbocycles. The molecule has 92 valence electrons. The zero-order valence-electron chi connectivity index (χ0n) is 9.90. The van der Waals surface area contributed by atoms with E-state index in [-0.39, 0.29) is 12.5 Å². The average Bonchev–Trinajstić information content (AvgIpc) is 2.34. The number of nitrogens with two attached hydrogens (primary N) is 1. The quantitative estimate of drug-likeness (QED) is 0.758. The first kappa shape index (κ1) is 11.7. The number of anilines is 2. The predicted octanol–water partition coefficient (Wildman–Crippen LogP) is 0.802. The van der Waals surface area contributed by atoms with E-state index in [1.165, 1.54) is 0 Å². The molecule has 0 bridgehead atoms. The van der Waals surface area contributed by atoms with E-state index in [9.17, 15) is 4.79 Å². The number of carbonyl (C=O) groups excluding carboxylic acids is 1. The monoisotopic (exact) mass is 235 g/mol. The van der Waals surface area contributed by atoms with Crippen LogP contribution in [0.15, 0.2) is 18.2 Å². The van der Waals surface area contributed by atoms with Gasteiger partial charge in [-0.15, -0.1) is 0 Å². The lowest BCUT2D eigenvalue weighted by molar-refractivity contribution is -0.120. The second-order valence-corrected chi connectivity index (χ2v) is 3.99. The molecule has 17 heavy (non-hydrogen) atoms. The van der Waals surface area contributed by atoms with Gasteiger partial charge in [-0.1, -0.05) is 0 Å². The molecule has 1 aliphatic heterocycles. The van der Waals surface area contributed by atoms with Crippen LogP contribution < -0.4 is 20.7 Å². The van der Waals surface area contributed by atoms with Crippen LogP contribution in [-0.4, -0.2) is 32.7 Å². The zero-order valence-corrected chi connectivity index (χ0v) is 9.90. The van der Waals surface area contributed by atoms with E-state index in [2.05, 4.69) is 5.32 Å². The van der Waals surface area contributed by atoms with Gasteiger partial charge in [0.2, 0.25) is 0 Å². The summed E-state index contributed by atoms with van der Waals surface area (Å²) < 4.78 is 5.40. The summed E-state index contributed by atoms with van der Waals surface area (Å²) in [6.45, 7) is 1.62. The van der Waals surface area contributed by atoms with Gasteiger partial charge in [0, 0.05) is 25.3 Å². The molecule has 0 unspecified atom stereocenters. The van der Waals surface area contributed by atoms with Crippen molar-refractivity contribution in [1.29, 1.82) is 0 Å². The molecule has 0 fully saturated rings. The van der Waals surface area contributed by atoms with Crippen molar-refractivity contribution < 1.29 is 9.53 Å². The third kappa shape index (κ3) is 2.50. The lowest BCUT2D eigenvalue weighted by Crippen LogP contribution is -2.35. The highest BCUT2D eigenvalue weighted by molar-refractivity contribution is 5.97. The minimum absolute atomic E-state index is 0.0265. The molecule has 0 saturated carbocycles. The smallest absolute Gasteiger partial charge is 0.264 e. The lowest BCUT2D eigenvalue weighted by Gasteiger charge is -2.26. The average molecular weight is 235 g/mol. The number of likely N-dealkylation sites (N-methyl/N-ethyl adjacent to an activating group) is 1. The van der Waals surface area contributed by atoms with Crippen molar-refractivity contribution >= 4 is 17.3 Å². The number of amides is 1. The molecule has 5 heteroatoms. The van der Waals surface area contributed by atoms with Crippen LogP contribution in [0.4, 0.5) is 11.4 Å². The molecular weight excluding hydrogens is 218 g/mol. The maximum Gasteiger partial charge on any atom is 0.264 e. The van der Waals surface area contributed by atoms with Gasteiger partial charge >= 0.3 is 0 Å². The van der Waals surface area contributed by atoms with E-state index < -0.39 is 0 Å². The van der Waals surface area contributed by atoms with Gasteiger partial charge in [-0.2, -0.15) is 0 Å². The molecule has 0 atom stereocenters. The van der Waals surface area contributed by atoms with E-state index in [0.717, 1.165) is 30.1 Å². The third-order valence-electron chi connectivity index (χ3n) is 2.76. The van der Waals surface area contributed by atoms with Crippen LogP contribution in [0.2, 0.25) is 0 Å². The van der Waals surface area contributed by atoms with Gasteiger partial charge < -0.3 is 20.7 Å². The number of nitrogens with zero attached hydrogens (tertiary/aromatic N) is 1. The minimum Gasteiger partial charge on any atom is -0.481 e. The summed E-state index contributed by atoms with van der Waals surface area (Å²) in [5.41, 5.74) is 7.22. The van der Waals surface area contributed by atoms with Crippen LogP contribution in [-0.2, 0) is 4.79 Å². The molecule has 1 aliphatic rings. The fourth-order valence-corrected chi connectivity index (χ4v) is 1.72. The molecule has 2 rings (SSSR count). The van der Waals surface area contributed by atoms with Crippen LogP contribution in [0.5, 0.6) is 5.75 Å². The summed E-state index contributed by atoms with van der Waals surface area (Å²) in [5, 5.41) is 3.26. The number of hydrogen-bond acceptors (Lipinski definition) is 4. The van der Waals surface area contributed by atoms with Gasteiger partial charge in [0.25, 0.3) is 5.91 Å². The summed E-state index contributed by atoms with van der Waals surface area (Å²) in [4.78, 5) is 13.0. The number of rotatable bonds is 4. The first-order chi connectivity index (χ1) is 8.22. The Morgan fingerprint density at radius 3 is 3.12 bits per heavy atom. The van der Waals surface area contributed by atoms with E-state index in [4.69, 9.17) is 10.5 Å². The second-order valence-electron chi connectivity index (χ2n) is 3.99. The van der Waals surface area contributed by atoms with E-state index >= 15 is 0 Å². The highest BCUT2D eigenvalue weighted by Crippen LogP contribution is 2.33. The van der Waals surface area contributed by atoms with E-state index in [0.29, 0.717) is 6.54 Å². The molecule has 0 aromatic heterocycles. The molecule has 0 spiro atoms. The van der Waals surface area contributed by atoms with Gasteiger partial charge in [-0.3, -0.25) is 4.79 Å². The largest absolute Gasteiger partial charge is 0.481 e. The zero-order chi connectivity index (χ0) is 12.3. The molecule has 3 N–H and O–H groups in total. The maximum absolute atomic E-state index is 11.4. The van der Waals surface area contributed by atoms with Crippen molar-refractivity contribution in [3.8, 4) is 5.75 Å². The van der Waals surface area contributed by atoms with Crippen LogP contribution in [0, 0.1) is 0 Å². The fourth-order valence-electron chi connectivity index (χ4n) is 1.72. The Balaban J connectivity index is 2.12. The molecule has 1 aromatic rings. The summed E-state index contributed by atoms with van der Waals surface area (Å²) >= 11 is 0. The Bertz CT molecular complexity index is 420. The van der Waals surface area contributed by atoms with E-state index in [1.54, 1.807) is 11.9 Å². The SMILES string of the molecule is CN1C(=O)COc2cc(NCCCN)ccc21. The fraction of sp³-hybridized carbons (Fsp3) is 0.417. The van der Waals surface area contributed by atoms with Gasteiger partial charge in [-0.25, -0.2) is 0 Å². The third-order valence-corrected chi connectivity index (χ3v) is 2.76. The highest BCUT2D eigenvalue weighted by atomic mass is 16.5.